The number of hydrogen-bond acceptors (Lipinski definition) is 4. The molecule has 0 aromatic heterocycles. The third-order valence-corrected chi connectivity index (χ3v) is 4.13. The SMILES string of the molecule is CCC(=O)NCC(=O)N1CCN(C(=O)OCc2ccc(C)cc2)CC1. The van der Waals surface area contributed by atoms with Crippen LogP contribution >= 0.6 is 0 Å². The minimum Gasteiger partial charge on any atom is -0.445 e. The van der Waals surface area contributed by atoms with Crippen LogP contribution in [0, 0.1) is 6.92 Å². The largest absolute Gasteiger partial charge is 0.445 e. The van der Waals surface area contributed by atoms with Gasteiger partial charge in [0.25, 0.3) is 0 Å². The average Bonchev–Trinajstić information content (AvgIpc) is 2.65. The Hall–Kier alpha value is -2.57. The van der Waals surface area contributed by atoms with Crippen molar-refractivity contribution >= 4 is 17.9 Å². The third kappa shape index (κ3) is 5.77. The molecule has 0 spiro atoms. The van der Waals surface area contributed by atoms with E-state index >= 15 is 0 Å². The lowest BCUT2D eigenvalue weighted by Crippen LogP contribution is -2.52. The van der Waals surface area contributed by atoms with Crippen LogP contribution in [0.3, 0.4) is 0 Å². The van der Waals surface area contributed by atoms with Gasteiger partial charge in [-0.25, -0.2) is 4.79 Å². The summed E-state index contributed by atoms with van der Waals surface area (Å²) >= 11 is 0. The fourth-order valence-corrected chi connectivity index (χ4v) is 2.47. The van der Waals surface area contributed by atoms with Gasteiger partial charge in [0.2, 0.25) is 11.8 Å². The Morgan fingerprint density at radius 2 is 1.64 bits per heavy atom. The first-order valence-corrected chi connectivity index (χ1v) is 8.51. The minimum absolute atomic E-state index is 0.00451. The van der Waals surface area contributed by atoms with Gasteiger partial charge in [-0.05, 0) is 12.5 Å². The van der Waals surface area contributed by atoms with Gasteiger partial charge in [0, 0.05) is 32.6 Å². The summed E-state index contributed by atoms with van der Waals surface area (Å²) in [6, 6.07) is 7.82. The molecule has 1 aromatic carbocycles. The summed E-state index contributed by atoms with van der Waals surface area (Å²) < 4.78 is 5.32. The Bertz CT molecular complexity index is 607. The van der Waals surface area contributed by atoms with Crippen LogP contribution in [0.2, 0.25) is 0 Å². The number of piperazine rings is 1. The fourth-order valence-electron chi connectivity index (χ4n) is 2.47. The summed E-state index contributed by atoms with van der Waals surface area (Å²) in [6.45, 7) is 5.73. The van der Waals surface area contributed by atoms with E-state index < -0.39 is 0 Å². The second-order valence-electron chi connectivity index (χ2n) is 6.04. The summed E-state index contributed by atoms with van der Waals surface area (Å²) in [5.41, 5.74) is 2.10. The summed E-state index contributed by atoms with van der Waals surface area (Å²) in [5.74, 6) is -0.277. The Kier molecular flexibility index (Phi) is 6.80. The second kappa shape index (κ2) is 9.05. The van der Waals surface area contributed by atoms with Gasteiger partial charge in [0.15, 0.2) is 0 Å². The molecule has 7 heteroatoms. The van der Waals surface area contributed by atoms with Gasteiger partial charge >= 0.3 is 6.09 Å². The first-order valence-electron chi connectivity index (χ1n) is 8.51. The molecule has 25 heavy (non-hydrogen) atoms. The van der Waals surface area contributed by atoms with Crippen molar-refractivity contribution in [1.82, 2.24) is 15.1 Å². The minimum atomic E-state index is -0.369. The van der Waals surface area contributed by atoms with Gasteiger partial charge in [-0.3, -0.25) is 9.59 Å². The zero-order valence-electron chi connectivity index (χ0n) is 14.8. The van der Waals surface area contributed by atoms with Crippen molar-refractivity contribution < 1.29 is 19.1 Å². The van der Waals surface area contributed by atoms with E-state index in [1.54, 1.807) is 16.7 Å². The van der Waals surface area contributed by atoms with Crippen LogP contribution in [0.1, 0.15) is 24.5 Å². The average molecular weight is 347 g/mol. The predicted molar refractivity (Wildman–Crippen MR) is 92.8 cm³/mol. The zero-order chi connectivity index (χ0) is 18.2. The summed E-state index contributed by atoms with van der Waals surface area (Å²) in [5, 5.41) is 2.57. The monoisotopic (exact) mass is 347 g/mol. The maximum absolute atomic E-state index is 12.1. The smallest absolute Gasteiger partial charge is 0.410 e. The quantitative estimate of drug-likeness (QED) is 0.871. The van der Waals surface area contributed by atoms with Crippen molar-refractivity contribution in [2.45, 2.75) is 26.9 Å². The van der Waals surface area contributed by atoms with Crippen molar-refractivity contribution in [2.75, 3.05) is 32.7 Å². The molecule has 1 aromatic rings. The molecule has 1 aliphatic heterocycles. The van der Waals surface area contributed by atoms with Gasteiger partial charge in [-0.2, -0.15) is 0 Å². The maximum atomic E-state index is 12.1. The summed E-state index contributed by atoms with van der Waals surface area (Å²) in [7, 11) is 0. The number of amides is 3. The van der Waals surface area contributed by atoms with Crippen LogP contribution in [0.15, 0.2) is 24.3 Å². The number of ether oxygens (including phenoxy) is 1. The third-order valence-electron chi connectivity index (χ3n) is 4.13. The van der Waals surface area contributed by atoms with Crippen molar-refractivity contribution in [1.29, 1.82) is 0 Å². The highest BCUT2D eigenvalue weighted by molar-refractivity contribution is 5.84. The number of aryl methyl sites for hydroxylation is 1. The number of carbonyl (C=O) groups is 3. The van der Waals surface area contributed by atoms with Gasteiger partial charge < -0.3 is 19.9 Å². The molecule has 0 bridgehead atoms. The Morgan fingerprint density at radius 3 is 2.24 bits per heavy atom. The number of nitrogens with zero attached hydrogens (tertiary/aromatic N) is 2. The standard InChI is InChI=1S/C18H25N3O4/c1-3-16(22)19-12-17(23)20-8-10-21(11-9-20)18(24)25-13-15-6-4-14(2)5-7-15/h4-7H,3,8-13H2,1-2H3,(H,19,22). The second-order valence-corrected chi connectivity index (χ2v) is 6.04. The molecule has 3 amide bonds. The van der Waals surface area contributed by atoms with Gasteiger partial charge in [-0.15, -0.1) is 0 Å². The van der Waals surface area contributed by atoms with Crippen molar-refractivity contribution in [3.63, 3.8) is 0 Å². The highest BCUT2D eigenvalue weighted by Crippen LogP contribution is 2.08. The number of carbonyl (C=O) groups excluding carboxylic acids is 3. The van der Waals surface area contributed by atoms with E-state index in [4.69, 9.17) is 4.74 Å². The molecular weight excluding hydrogens is 322 g/mol. The van der Waals surface area contributed by atoms with Crippen molar-refractivity contribution in [3.05, 3.63) is 35.4 Å². The molecule has 0 radical (unpaired) electrons. The van der Waals surface area contributed by atoms with E-state index in [1.807, 2.05) is 31.2 Å². The molecule has 1 aliphatic rings. The normalized spacial score (nSPS) is 14.2. The van der Waals surface area contributed by atoms with E-state index in [0.29, 0.717) is 32.6 Å². The molecule has 1 saturated heterocycles. The Labute approximate surface area is 147 Å². The lowest BCUT2D eigenvalue weighted by atomic mass is 10.2. The number of benzene rings is 1. The molecule has 7 nitrogen and oxygen atoms in total. The first-order chi connectivity index (χ1) is 12.0. The highest BCUT2D eigenvalue weighted by Gasteiger charge is 2.25. The first kappa shape index (κ1) is 18.8. The zero-order valence-corrected chi connectivity index (χ0v) is 14.8. The Morgan fingerprint density at radius 1 is 1.04 bits per heavy atom. The van der Waals surface area contributed by atoms with Gasteiger partial charge in [0.1, 0.15) is 6.61 Å². The Balaban J connectivity index is 1.71. The van der Waals surface area contributed by atoms with Crippen LogP contribution in [0.25, 0.3) is 0 Å². The van der Waals surface area contributed by atoms with Crippen LogP contribution in [0.4, 0.5) is 4.79 Å². The van der Waals surface area contributed by atoms with E-state index in [-0.39, 0.29) is 31.1 Å². The lowest BCUT2D eigenvalue weighted by Gasteiger charge is -2.34. The van der Waals surface area contributed by atoms with Gasteiger partial charge in [0.05, 0.1) is 6.54 Å². The molecular formula is C18H25N3O4. The maximum Gasteiger partial charge on any atom is 0.410 e. The van der Waals surface area contributed by atoms with Crippen LogP contribution in [-0.4, -0.2) is 60.4 Å². The molecule has 0 unspecified atom stereocenters. The molecule has 0 saturated carbocycles. The van der Waals surface area contributed by atoms with Crippen LogP contribution in [-0.2, 0) is 20.9 Å². The highest BCUT2D eigenvalue weighted by atomic mass is 16.6. The van der Waals surface area contributed by atoms with Crippen molar-refractivity contribution in [2.24, 2.45) is 0 Å². The van der Waals surface area contributed by atoms with E-state index in [1.165, 1.54) is 0 Å². The van der Waals surface area contributed by atoms with Gasteiger partial charge in [-0.1, -0.05) is 36.8 Å². The van der Waals surface area contributed by atoms with E-state index in [9.17, 15) is 14.4 Å². The van der Waals surface area contributed by atoms with E-state index in [2.05, 4.69) is 5.32 Å². The van der Waals surface area contributed by atoms with Crippen molar-refractivity contribution in [3.8, 4) is 0 Å². The molecule has 1 N–H and O–H groups in total. The number of nitrogens with one attached hydrogen (secondary N) is 1. The molecule has 2 rings (SSSR count). The number of hydrogen-bond donors (Lipinski definition) is 1. The van der Waals surface area contributed by atoms with Crippen LogP contribution < -0.4 is 5.32 Å². The molecule has 1 heterocycles. The molecule has 0 aliphatic carbocycles. The van der Waals surface area contributed by atoms with E-state index in [0.717, 1.165) is 11.1 Å². The lowest BCUT2D eigenvalue weighted by molar-refractivity contribution is -0.134. The van der Waals surface area contributed by atoms with Crippen LogP contribution in [0.5, 0.6) is 0 Å². The molecule has 136 valence electrons. The summed E-state index contributed by atoms with van der Waals surface area (Å²) in [4.78, 5) is 38.6. The molecule has 0 atom stereocenters. The summed E-state index contributed by atoms with van der Waals surface area (Å²) in [6.07, 6.45) is -0.0135. The topological polar surface area (TPSA) is 79.0 Å². The predicted octanol–water partition coefficient (Wildman–Crippen LogP) is 1.30. The number of rotatable bonds is 5. The molecule has 1 fully saturated rings. The fraction of sp³-hybridized carbons (Fsp3) is 0.500.